The zero-order valence-corrected chi connectivity index (χ0v) is 7.92. The fourth-order valence-electron chi connectivity index (χ4n) is 0.831. The van der Waals surface area contributed by atoms with E-state index in [-0.39, 0.29) is 5.91 Å². The zero-order valence-electron chi connectivity index (χ0n) is 7.92. The Morgan fingerprint density at radius 2 is 2.23 bits per heavy atom. The molecule has 0 rings (SSSR count). The van der Waals surface area contributed by atoms with Crippen LogP contribution in [0.2, 0.25) is 0 Å². The summed E-state index contributed by atoms with van der Waals surface area (Å²) < 4.78 is 5.26. The first-order chi connectivity index (χ1) is 6.31. The average Bonchev–Trinajstić information content (AvgIpc) is 2.16. The van der Waals surface area contributed by atoms with Gasteiger partial charge < -0.3 is 4.74 Å². The van der Waals surface area contributed by atoms with E-state index < -0.39 is 0 Å². The normalized spacial score (nSPS) is 9.62. The zero-order chi connectivity index (χ0) is 9.94. The van der Waals surface area contributed by atoms with Crippen molar-refractivity contribution in [1.82, 2.24) is 5.43 Å². The van der Waals surface area contributed by atoms with E-state index in [1.165, 1.54) is 0 Å². The minimum absolute atomic E-state index is 0.119. The van der Waals surface area contributed by atoms with Crippen molar-refractivity contribution >= 4 is 5.91 Å². The smallest absolute Gasteiger partial charge is 0.233 e. The Morgan fingerprint density at radius 1 is 1.46 bits per heavy atom. The molecule has 0 radical (unpaired) electrons. The molecule has 0 aliphatic carbocycles. The van der Waals surface area contributed by atoms with E-state index in [4.69, 9.17) is 10.6 Å². The Balaban J connectivity index is 2.99. The van der Waals surface area contributed by atoms with Crippen LogP contribution in [0.3, 0.4) is 0 Å². The number of rotatable bonds is 8. The first-order valence-electron chi connectivity index (χ1n) is 4.49. The van der Waals surface area contributed by atoms with Crippen LogP contribution in [0.15, 0.2) is 12.7 Å². The van der Waals surface area contributed by atoms with Crippen LogP contribution in [0.5, 0.6) is 0 Å². The third kappa shape index (κ3) is 9.04. The fraction of sp³-hybridized carbons (Fsp3) is 0.667. The fourth-order valence-corrected chi connectivity index (χ4v) is 0.831. The van der Waals surface area contributed by atoms with Crippen LogP contribution in [0.1, 0.15) is 25.7 Å². The van der Waals surface area contributed by atoms with Crippen molar-refractivity contribution in [3.63, 3.8) is 0 Å². The van der Waals surface area contributed by atoms with Crippen LogP contribution in [0.25, 0.3) is 0 Å². The van der Waals surface area contributed by atoms with Crippen molar-refractivity contribution < 1.29 is 9.53 Å². The molecule has 4 nitrogen and oxygen atoms in total. The Morgan fingerprint density at radius 3 is 2.85 bits per heavy atom. The molecule has 0 aromatic heterocycles. The summed E-state index contributed by atoms with van der Waals surface area (Å²) >= 11 is 0. The van der Waals surface area contributed by atoms with Crippen molar-refractivity contribution in [1.29, 1.82) is 0 Å². The molecule has 0 aliphatic heterocycles. The highest BCUT2D eigenvalue weighted by molar-refractivity contribution is 5.74. The predicted octanol–water partition coefficient (Wildman–Crippen LogP) is 0.739. The van der Waals surface area contributed by atoms with Gasteiger partial charge in [-0.05, 0) is 19.3 Å². The topological polar surface area (TPSA) is 64.3 Å². The Labute approximate surface area is 79.1 Å². The third-order valence-corrected chi connectivity index (χ3v) is 1.57. The summed E-state index contributed by atoms with van der Waals surface area (Å²) in [5.74, 6) is 4.79. The number of nitrogens with two attached hydrogens (primary N) is 1. The maximum Gasteiger partial charge on any atom is 0.233 e. The summed E-state index contributed by atoms with van der Waals surface area (Å²) in [5.41, 5.74) is 2.08. The molecule has 0 bridgehead atoms. The molecule has 0 saturated heterocycles. The average molecular weight is 186 g/mol. The summed E-state index contributed by atoms with van der Waals surface area (Å²) in [6, 6.07) is 0. The maximum absolute atomic E-state index is 10.7. The van der Waals surface area contributed by atoms with E-state index in [0.29, 0.717) is 19.6 Å². The van der Waals surface area contributed by atoms with Gasteiger partial charge in [0.15, 0.2) is 0 Å². The van der Waals surface area contributed by atoms with Crippen molar-refractivity contribution in [3.05, 3.63) is 12.7 Å². The first kappa shape index (κ1) is 12.1. The number of amides is 1. The molecule has 0 aromatic carbocycles. The number of carbonyl (C=O) groups excluding carboxylic acids is 1. The Bertz CT molecular complexity index is 149. The molecule has 0 saturated carbocycles. The number of nitrogens with one attached hydrogen (secondary N) is 1. The second-order valence-electron chi connectivity index (χ2n) is 2.71. The number of ether oxygens (including phenoxy) is 1. The lowest BCUT2D eigenvalue weighted by molar-refractivity contribution is -0.121. The van der Waals surface area contributed by atoms with Crippen LogP contribution in [-0.4, -0.2) is 19.1 Å². The molecule has 0 unspecified atom stereocenters. The van der Waals surface area contributed by atoms with E-state index in [1.54, 1.807) is 0 Å². The molecule has 0 spiro atoms. The third-order valence-electron chi connectivity index (χ3n) is 1.57. The SMILES string of the molecule is C=CCCOCCCCC(=O)NN. The van der Waals surface area contributed by atoms with Crippen LogP contribution in [0.4, 0.5) is 0 Å². The van der Waals surface area contributed by atoms with E-state index in [0.717, 1.165) is 19.3 Å². The molecule has 0 fully saturated rings. The molecule has 3 N–H and O–H groups in total. The van der Waals surface area contributed by atoms with Gasteiger partial charge in [0.2, 0.25) is 5.91 Å². The molecule has 0 aliphatic rings. The quantitative estimate of drug-likeness (QED) is 0.193. The molecular weight excluding hydrogens is 168 g/mol. The minimum Gasteiger partial charge on any atom is -0.381 e. The van der Waals surface area contributed by atoms with Gasteiger partial charge in [-0.3, -0.25) is 10.2 Å². The lowest BCUT2D eigenvalue weighted by Gasteiger charge is -2.01. The largest absolute Gasteiger partial charge is 0.381 e. The highest BCUT2D eigenvalue weighted by atomic mass is 16.5. The van der Waals surface area contributed by atoms with E-state index in [9.17, 15) is 4.79 Å². The van der Waals surface area contributed by atoms with Gasteiger partial charge in [-0.15, -0.1) is 6.58 Å². The maximum atomic E-state index is 10.7. The summed E-state index contributed by atoms with van der Waals surface area (Å²) in [7, 11) is 0. The summed E-state index contributed by atoms with van der Waals surface area (Å²) in [5, 5.41) is 0. The lowest BCUT2D eigenvalue weighted by Crippen LogP contribution is -2.29. The van der Waals surface area contributed by atoms with Crippen molar-refractivity contribution in [3.8, 4) is 0 Å². The monoisotopic (exact) mass is 186 g/mol. The Hall–Kier alpha value is -0.870. The van der Waals surface area contributed by atoms with Gasteiger partial charge in [0.1, 0.15) is 0 Å². The molecular formula is C9H18N2O2. The molecule has 0 atom stereocenters. The molecule has 1 amide bonds. The first-order valence-corrected chi connectivity index (χ1v) is 4.49. The van der Waals surface area contributed by atoms with Crippen molar-refractivity contribution in [2.24, 2.45) is 5.84 Å². The van der Waals surface area contributed by atoms with Crippen LogP contribution >= 0.6 is 0 Å². The van der Waals surface area contributed by atoms with E-state index in [1.807, 2.05) is 6.08 Å². The highest BCUT2D eigenvalue weighted by Crippen LogP contribution is 1.95. The number of carbonyl (C=O) groups is 1. The van der Waals surface area contributed by atoms with Crippen LogP contribution in [0, 0.1) is 0 Å². The van der Waals surface area contributed by atoms with Gasteiger partial charge in [-0.25, -0.2) is 5.84 Å². The van der Waals surface area contributed by atoms with Gasteiger partial charge in [-0.2, -0.15) is 0 Å². The second kappa shape index (κ2) is 9.22. The standard InChI is InChI=1S/C9H18N2O2/c1-2-3-7-13-8-5-4-6-9(12)11-10/h2H,1,3-8,10H2,(H,11,12). The number of hydrogen-bond donors (Lipinski definition) is 2. The number of unbranched alkanes of at least 4 members (excludes halogenated alkanes) is 1. The Kier molecular flexibility index (Phi) is 8.60. The number of hydrazine groups is 1. The van der Waals surface area contributed by atoms with Gasteiger partial charge in [0, 0.05) is 19.6 Å². The van der Waals surface area contributed by atoms with E-state index >= 15 is 0 Å². The van der Waals surface area contributed by atoms with Crippen molar-refractivity contribution in [2.75, 3.05) is 13.2 Å². The predicted molar refractivity (Wildman–Crippen MR) is 51.8 cm³/mol. The second-order valence-corrected chi connectivity index (χ2v) is 2.71. The van der Waals surface area contributed by atoms with Crippen molar-refractivity contribution in [2.45, 2.75) is 25.7 Å². The minimum atomic E-state index is -0.119. The molecule has 4 heteroatoms. The summed E-state index contributed by atoms with van der Waals surface area (Å²) in [6.45, 7) is 5.00. The highest BCUT2D eigenvalue weighted by Gasteiger charge is 1.96. The molecule has 0 aromatic rings. The summed E-state index contributed by atoms with van der Waals surface area (Å²) in [4.78, 5) is 10.7. The van der Waals surface area contributed by atoms with E-state index in [2.05, 4.69) is 12.0 Å². The van der Waals surface area contributed by atoms with Gasteiger partial charge >= 0.3 is 0 Å². The van der Waals surface area contributed by atoms with Gasteiger partial charge in [0.05, 0.1) is 0 Å². The van der Waals surface area contributed by atoms with Crippen LogP contribution < -0.4 is 11.3 Å². The molecule has 0 heterocycles. The van der Waals surface area contributed by atoms with Gasteiger partial charge in [0.25, 0.3) is 0 Å². The molecule has 76 valence electrons. The number of hydrogen-bond acceptors (Lipinski definition) is 3. The van der Waals surface area contributed by atoms with Gasteiger partial charge in [-0.1, -0.05) is 6.08 Å². The molecule has 13 heavy (non-hydrogen) atoms. The summed E-state index contributed by atoms with van der Waals surface area (Å²) in [6.07, 6.45) is 4.88. The lowest BCUT2D eigenvalue weighted by atomic mass is 10.2. The van der Waals surface area contributed by atoms with Crippen LogP contribution in [-0.2, 0) is 9.53 Å².